The third kappa shape index (κ3) is 9.24. The van der Waals surface area contributed by atoms with Crippen LogP contribution in [0.25, 0.3) is 0 Å². The van der Waals surface area contributed by atoms with Gasteiger partial charge in [0.2, 0.25) is 5.91 Å². The predicted molar refractivity (Wildman–Crippen MR) is 185 cm³/mol. The summed E-state index contributed by atoms with van der Waals surface area (Å²) < 4.78 is 5.31. The van der Waals surface area contributed by atoms with Gasteiger partial charge >= 0.3 is 5.97 Å². The van der Waals surface area contributed by atoms with Crippen molar-refractivity contribution in [3.8, 4) is 5.75 Å². The molecular weight excluding hydrogens is 611 g/mol. The molecule has 1 saturated carbocycles. The molecule has 0 unspecified atom stereocenters. The number of esters is 1. The van der Waals surface area contributed by atoms with Crippen molar-refractivity contribution in [1.29, 1.82) is 0 Å². The summed E-state index contributed by atoms with van der Waals surface area (Å²) in [6.07, 6.45) is 4.51. The Labute approximate surface area is 282 Å². The second kappa shape index (κ2) is 16.4. The molecule has 250 valence electrons. The van der Waals surface area contributed by atoms with Crippen LogP contribution < -0.4 is 15.4 Å². The lowest BCUT2D eigenvalue weighted by atomic mass is 9.72. The van der Waals surface area contributed by atoms with Crippen LogP contribution in [0, 0.1) is 25.7 Å². The lowest BCUT2D eigenvalue weighted by molar-refractivity contribution is -0.132. The number of nitrogens with zero attached hydrogens (tertiary/aromatic N) is 1. The fraction of sp³-hybridized carbons (Fsp3) is 0.447. The second-order valence-electron chi connectivity index (χ2n) is 12.9. The molecule has 9 heteroatoms. The van der Waals surface area contributed by atoms with E-state index in [-0.39, 0.29) is 24.4 Å². The summed E-state index contributed by atoms with van der Waals surface area (Å²) in [6.45, 7) is 6.59. The van der Waals surface area contributed by atoms with Crippen LogP contribution in [0.2, 0.25) is 0 Å². The first-order valence-corrected chi connectivity index (χ1v) is 17.7. The number of aryl methyl sites for hydroxylation is 1. The number of aliphatic hydroxyl groups is 1. The maximum absolute atomic E-state index is 13.8. The summed E-state index contributed by atoms with van der Waals surface area (Å²) in [7, 11) is 0. The Bertz CT molecular complexity index is 1530. The van der Waals surface area contributed by atoms with Gasteiger partial charge in [0.15, 0.2) is 0 Å². The number of thioether (sulfide) groups is 1. The highest BCUT2D eigenvalue weighted by Crippen LogP contribution is 2.39. The topological polar surface area (TPSA) is 108 Å². The molecule has 2 fully saturated rings. The Hall–Kier alpha value is -3.66. The molecule has 1 heterocycles. The number of rotatable bonds is 12. The molecule has 1 saturated heterocycles. The quantitative estimate of drug-likeness (QED) is 0.131. The molecule has 2 amide bonds. The van der Waals surface area contributed by atoms with Gasteiger partial charge in [0.25, 0.3) is 5.91 Å². The largest absolute Gasteiger partial charge is 0.426 e. The van der Waals surface area contributed by atoms with Crippen LogP contribution in [0.4, 0.5) is 0 Å². The van der Waals surface area contributed by atoms with E-state index in [2.05, 4.69) is 15.5 Å². The molecule has 3 aromatic carbocycles. The van der Waals surface area contributed by atoms with Gasteiger partial charge in [-0.3, -0.25) is 19.3 Å². The highest BCUT2D eigenvalue weighted by molar-refractivity contribution is 7.99. The first-order valence-electron chi connectivity index (χ1n) is 16.7. The van der Waals surface area contributed by atoms with Crippen molar-refractivity contribution >= 4 is 29.5 Å². The lowest BCUT2D eigenvalue weighted by Crippen LogP contribution is -2.58. The maximum atomic E-state index is 13.8. The van der Waals surface area contributed by atoms with Gasteiger partial charge in [0.1, 0.15) is 5.75 Å². The van der Waals surface area contributed by atoms with Gasteiger partial charge < -0.3 is 20.5 Å². The molecule has 0 bridgehead atoms. The van der Waals surface area contributed by atoms with Crippen molar-refractivity contribution in [2.45, 2.75) is 82.5 Å². The van der Waals surface area contributed by atoms with E-state index < -0.39 is 18.1 Å². The Morgan fingerprint density at radius 1 is 0.957 bits per heavy atom. The van der Waals surface area contributed by atoms with Crippen LogP contribution in [-0.4, -0.2) is 64.8 Å². The Kier molecular flexibility index (Phi) is 12.1. The van der Waals surface area contributed by atoms with Crippen LogP contribution in [0.3, 0.4) is 0 Å². The normalized spacial score (nSPS) is 20.8. The molecule has 5 atom stereocenters. The second-order valence-corrected chi connectivity index (χ2v) is 14.0. The number of hydrogen-bond acceptors (Lipinski definition) is 7. The van der Waals surface area contributed by atoms with Crippen molar-refractivity contribution in [2.75, 3.05) is 18.8 Å². The van der Waals surface area contributed by atoms with E-state index in [0.717, 1.165) is 41.8 Å². The number of hydrogen-bond donors (Lipinski definition) is 3. The monoisotopic (exact) mass is 657 g/mol. The van der Waals surface area contributed by atoms with Gasteiger partial charge in [-0.2, -0.15) is 0 Å². The molecule has 0 aromatic heterocycles. The van der Waals surface area contributed by atoms with E-state index >= 15 is 0 Å². The van der Waals surface area contributed by atoms with Gasteiger partial charge in [0, 0.05) is 48.3 Å². The van der Waals surface area contributed by atoms with Gasteiger partial charge in [-0.1, -0.05) is 67.8 Å². The number of likely N-dealkylation sites (tertiary alicyclic amines) is 1. The third-order valence-electron chi connectivity index (χ3n) is 9.68. The molecule has 1 aliphatic carbocycles. The van der Waals surface area contributed by atoms with Crippen LogP contribution in [0.1, 0.15) is 66.1 Å². The molecule has 3 aromatic rings. The predicted octanol–water partition coefficient (Wildman–Crippen LogP) is 5.68. The number of β-amino-alcohol motifs (C(OH)–C–C–N with tert-alkyl or cyclic N) is 1. The van der Waals surface area contributed by atoms with Crippen molar-refractivity contribution in [3.63, 3.8) is 0 Å². The third-order valence-corrected chi connectivity index (χ3v) is 10.8. The number of piperidine rings is 1. The minimum absolute atomic E-state index is 0.0124. The molecule has 0 spiro atoms. The Balaban J connectivity index is 1.34. The van der Waals surface area contributed by atoms with Gasteiger partial charge in [-0.05, 0) is 73.9 Å². The minimum Gasteiger partial charge on any atom is -0.426 e. The van der Waals surface area contributed by atoms with E-state index in [1.807, 2.05) is 61.5 Å². The fourth-order valence-corrected chi connectivity index (χ4v) is 8.00. The number of amides is 2. The van der Waals surface area contributed by atoms with Gasteiger partial charge in [-0.15, -0.1) is 11.8 Å². The van der Waals surface area contributed by atoms with Crippen LogP contribution in [-0.2, 0) is 16.1 Å². The van der Waals surface area contributed by atoms with E-state index in [0.29, 0.717) is 41.0 Å². The summed E-state index contributed by atoms with van der Waals surface area (Å²) >= 11 is 1.56. The fourth-order valence-electron chi connectivity index (χ4n) is 6.97. The number of benzene rings is 3. The van der Waals surface area contributed by atoms with Crippen LogP contribution in [0.15, 0.2) is 77.7 Å². The number of nitrogens with one attached hydrogen (secondary N) is 2. The van der Waals surface area contributed by atoms with Crippen molar-refractivity contribution in [2.24, 2.45) is 11.8 Å². The molecule has 2 aliphatic rings. The zero-order valence-electron chi connectivity index (χ0n) is 27.6. The first-order chi connectivity index (χ1) is 22.7. The van der Waals surface area contributed by atoms with Crippen LogP contribution in [0.5, 0.6) is 5.75 Å². The van der Waals surface area contributed by atoms with E-state index in [4.69, 9.17) is 4.74 Å². The number of carbonyl (C=O) groups is 3. The lowest BCUT2D eigenvalue weighted by Gasteiger charge is -2.46. The molecule has 1 aliphatic heterocycles. The number of aliphatic hydroxyl groups excluding tert-OH is 1. The van der Waals surface area contributed by atoms with E-state index in [1.54, 1.807) is 36.9 Å². The molecule has 0 radical (unpaired) electrons. The number of fused-ring (bicyclic) bond motifs is 1. The van der Waals surface area contributed by atoms with Crippen molar-refractivity contribution in [3.05, 3.63) is 95.1 Å². The van der Waals surface area contributed by atoms with E-state index in [9.17, 15) is 19.5 Å². The van der Waals surface area contributed by atoms with E-state index in [1.165, 1.54) is 19.8 Å². The average Bonchev–Trinajstić information content (AvgIpc) is 3.07. The average molecular weight is 658 g/mol. The minimum atomic E-state index is -0.932. The SMILES string of the molecule is CC(=O)Oc1cccc(C(=O)N[C@@H](CSc2ccccc2)[C@H](O)CN2C[C@H]3CCCC[C@H]3C[C@H]2C(=O)NCc2ccccc2C)c1C. The number of carbonyl (C=O) groups excluding carboxylic acids is 3. The Morgan fingerprint density at radius 3 is 2.43 bits per heavy atom. The summed E-state index contributed by atoms with van der Waals surface area (Å²) in [5, 5.41) is 18.1. The summed E-state index contributed by atoms with van der Waals surface area (Å²) in [4.78, 5) is 42.3. The summed E-state index contributed by atoms with van der Waals surface area (Å²) in [5.74, 6) is 0.934. The summed E-state index contributed by atoms with van der Waals surface area (Å²) in [5.41, 5.74) is 3.16. The number of ether oxygens (including phenoxy) is 1. The standard InChI is InChI=1S/C38H47N3O5S/c1-25-12-7-8-14-29(25)21-39-38(45)34-20-28-13-9-10-15-30(28)22-41(34)23-35(43)33(24-47-31-16-5-4-6-17-31)40-37(44)32-18-11-19-36(26(32)2)46-27(3)42/h4-8,11-12,14,16-19,28,30,33-35,43H,9-10,13,15,20-24H2,1-3H3,(H,39,45)(H,40,44)/t28-,30+,33-,34-,35+/m0/s1. The summed E-state index contributed by atoms with van der Waals surface area (Å²) in [6, 6.07) is 22.0. The zero-order chi connectivity index (χ0) is 33.3. The van der Waals surface area contributed by atoms with Crippen LogP contribution >= 0.6 is 11.8 Å². The molecule has 5 rings (SSSR count). The Morgan fingerprint density at radius 2 is 1.68 bits per heavy atom. The maximum Gasteiger partial charge on any atom is 0.308 e. The molecular formula is C38H47N3O5S. The smallest absolute Gasteiger partial charge is 0.308 e. The van der Waals surface area contributed by atoms with Gasteiger partial charge in [-0.25, -0.2) is 0 Å². The first kappa shape index (κ1) is 34.7. The van der Waals surface area contributed by atoms with Crippen molar-refractivity contribution < 1.29 is 24.2 Å². The highest BCUT2D eigenvalue weighted by atomic mass is 32.2. The zero-order valence-corrected chi connectivity index (χ0v) is 28.4. The highest BCUT2D eigenvalue weighted by Gasteiger charge is 2.41. The van der Waals surface area contributed by atoms with Crippen molar-refractivity contribution in [1.82, 2.24) is 15.5 Å². The molecule has 8 nitrogen and oxygen atoms in total. The molecule has 3 N–H and O–H groups in total. The molecule has 47 heavy (non-hydrogen) atoms. The van der Waals surface area contributed by atoms with Gasteiger partial charge in [0.05, 0.1) is 18.2 Å².